The quantitative estimate of drug-likeness (QED) is 0.121. The fourth-order valence-electron chi connectivity index (χ4n) is 9.24. The summed E-state index contributed by atoms with van der Waals surface area (Å²) in [6, 6.07) is 15.3. The van der Waals surface area contributed by atoms with Crippen LogP contribution in [0.4, 0.5) is 4.79 Å². The molecule has 0 aliphatic heterocycles. The van der Waals surface area contributed by atoms with E-state index in [-0.39, 0.29) is 16.7 Å². The zero-order valence-corrected chi connectivity index (χ0v) is 34.1. The molecule has 15 heteroatoms. The molecule has 3 aliphatic carbocycles. The summed E-state index contributed by atoms with van der Waals surface area (Å²) >= 11 is 0. The maximum absolute atomic E-state index is 14.9. The number of rotatable bonds is 9. The first-order valence-electron chi connectivity index (χ1n) is 19.3. The number of ketones is 1. The molecule has 316 valence electrons. The van der Waals surface area contributed by atoms with Gasteiger partial charge in [-0.25, -0.2) is 9.59 Å². The van der Waals surface area contributed by atoms with Gasteiger partial charge in [-0.1, -0.05) is 62.4 Å². The largest absolute Gasteiger partial charge is 0.458 e. The Labute approximate surface area is 337 Å². The molecule has 1 unspecified atom stereocenters. The first kappa shape index (κ1) is 44.4. The number of fused-ring (bicyclic) bond motifs is 3. The predicted molar refractivity (Wildman–Crippen MR) is 206 cm³/mol. The molecule has 0 heterocycles. The molecule has 0 radical (unpaired) electrons. The van der Waals surface area contributed by atoms with Gasteiger partial charge >= 0.3 is 24.0 Å². The standard InChI is InChI=1S/C43H55NO14/c1-23-28(55-31(49)19-27(25-15-11-9-12-16-25)44-38(53)58-39(3,4)5)21-43(54)36(56-37(52)26-17-13-10-14-18-26)34-41(8,35(51)33(50)32(23)40(43,6)7)29(47)20-30(48)42(34,22-45)57-24(2)46/h9-18,27-30,33-34,36,45,47-48,50,54H,19-22H2,1-8H3,(H,44,53)/t27-,28+,29+,30-,33-,34?,36+,41-,42+,43-/m1/s1. The molecule has 58 heavy (non-hydrogen) atoms. The van der Waals surface area contributed by atoms with Gasteiger partial charge in [0, 0.05) is 25.2 Å². The highest BCUT2D eigenvalue weighted by Gasteiger charge is 2.75. The minimum Gasteiger partial charge on any atom is -0.458 e. The third-order valence-electron chi connectivity index (χ3n) is 12.2. The summed E-state index contributed by atoms with van der Waals surface area (Å²) in [7, 11) is 0. The molecule has 10 atom stereocenters. The molecule has 2 saturated carbocycles. The van der Waals surface area contributed by atoms with Crippen molar-refractivity contribution in [1.29, 1.82) is 0 Å². The number of hydrogen-bond acceptors (Lipinski definition) is 14. The van der Waals surface area contributed by atoms with Crippen molar-refractivity contribution >= 4 is 29.8 Å². The Kier molecular flexibility index (Phi) is 12.4. The zero-order chi connectivity index (χ0) is 43.2. The van der Waals surface area contributed by atoms with Crippen LogP contribution in [-0.4, -0.2) is 109 Å². The van der Waals surface area contributed by atoms with Crippen LogP contribution in [0.15, 0.2) is 71.8 Å². The number of nitrogens with one attached hydrogen (secondary N) is 1. The van der Waals surface area contributed by atoms with Gasteiger partial charge in [-0.15, -0.1) is 0 Å². The summed E-state index contributed by atoms with van der Waals surface area (Å²) in [6.07, 6.45) is -11.6. The summed E-state index contributed by atoms with van der Waals surface area (Å²) in [5.41, 5.74) is -9.12. The summed E-state index contributed by atoms with van der Waals surface area (Å²) in [6.45, 7) is 10.6. The molecule has 2 bridgehead atoms. The Balaban J connectivity index is 1.68. The van der Waals surface area contributed by atoms with Gasteiger partial charge in [-0.3, -0.25) is 14.4 Å². The maximum atomic E-state index is 14.9. The third kappa shape index (κ3) is 7.90. The van der Waals surface area contributed by atoms with Gasteiger partial charge in [0.25, 0.3) is 0 Å². The molecule has 1 amide bonds. The number of aliphatic hydroxyl groups is 5. The SMILES string of the molecule is CC(=O)O[C@]1(CO)C2[C@H](OC(=O)c3ccccc3)[C@]3(O)C[C@H](OC(=O)C[C@@H](NC(=O)OC(C)(C)C)c4ccccc4)C(C)=C([C@@H](O)C(=O)[C@]2(C)[C@@H](O)C[C@H]1O)C3(C)C. The molecule has 0 aromatic heterocycles. The van der Waals surface area contributed by atoms with Crippen LogP contribution >= 0.6 is 0 Å². The van der Waals surface area contributed by atoms with Crippen molar-refractivity contribution in [2.45, 2.75) is 128 Å². The number of amides is 1. The Morgan fingerprint density at radius 1 is 0.914 bits per heavy atom. The normalized spacial score (nSPS) is 32.4. The van der Waals surface area contributed by atoms with Gasteiger partial charge < -0.3 is 49.8 Å². The van der Waals surface area contributed by atoms with Crippen LogP contribution in [0.1, 0.15) is 96.6 Å². The molecule has 0 saturated heterocycles. The third-order valence-corrected chi connectivity index (χ3v) is 12.2. The van der Waals surface area contributed by atoms with Crippen molar-refractivity contribution in [2.75, 3.05) is 6.61 Å². The summed E-state index contributed by atoms with van der Waals surface area (Å²) in [4.78, 5) is 68.7. The second-order valence-electron chi connectivity index (χ2n) is 17.3. The summed E-state index contributed by atoms with van der Waals surface area (Å²) in [5.74, 6) is -5.87. The van der Waals surface area contributed by atoms with Crippen molar-refractivity contribution in [1.82, 2.24) is 5.32 Å². The lowest BCUT2D eigenvalue weighted by molar-refractivity contribution is -0.290. The Hall–Kier alpha value is -4.67. The number of hydrogen-bond donors (Lipinski definition) is 6. The zero-order valence-electron chi connectivity index (χ0n) is 34.1. The predicted octanol–water partition coefficient (Wildman–Crippen LogP) is 3.24. The van der Waals surface area contributed by atoms with Crippen LogP contribution in [0.3, 0.4) is 0 Å². The van der Waals surface area contributed by atoms with Crippen molar-refractivity contribution in [3.05, 3.63) is 82.9 Å². The lowest BCUT2D eigenvalue weighted by atomic mass is 9.45. The number of alkyl carbamates (subject to hydrolysis) is 1. The molecule has 2 aromatic rings. The molecule has 2 aromatic carbocycles. The maximum Gasteiger partial charge on any atom is 0.408 e. The monoisotopic (exact) mass is 809 g/mol. The first-order valence-corrected chi connectivity index (χ1v) is 19.3. The molecule has 2 fully saturated rings. The first-order chi connectivity index (χ1) is 26.9. The van der Waals surface area contributed by atoms with Crippen LogP contribution in [0, 0.1) is 16.7 Å². The van der Waals surface area contributed by atoms with E-state index in [9.17, 15) is 49.5 Å². The molecule has 3 aliphatic rings. The van der Waals surface area contributed by atoms with E-state index in [1.54, 1.807) is 69.3 Å². The Bertz CT molecular complexity index is 1920. The summed E-state index contributed by atoms with van der Waals surface area (Å²) < 4.78 is 23.4. The van der Waals surface area contributed by atoms with Crippen LogP contribution in [0.25, 0.3) is 0 Å². The Morgan fingerprint density at radius 2 is 1.50 bits per heavy atom. The second kappa shape index (κ2) is 16.2. The van der Waals surface area contributed by atoms with Crippen LogP contribution in [-0.2, 0) is 33.3 Å². The molecular weight excluding hydrogens is 754 g/mol. The van der Waals surface area contributed by atoms with E-state index in [2.05, 4.69) is 5.32 Å². The molecule has 6 N–H and O–H groups in total. The smallest absolute Gasteiger partial charge is 0.408 e. The van der Waals surface area contributed by atoms with Gasteiger partial charge in [0.05, 0.1) is 48.2 Å². The average Bonchev–Trinajstić information content (AvgIpc) is 3.14. The number of aliphatic hydroxyl groups excluding tert-OH is 4. The molecular formula is C43H55NO14. The highest BCUT2D eigenvalue weighted by atomic mass is 16.6. The number of ether oxygens (including phenoxy) is 4. The number of carbonyl (C=O) groups is 5. The van der Waals surface area contributed by atoms with E-state index in [1.807, 2.05) is 0 Å². The van der Waals surface area contributed by atoms with Gasteiger partial charge in [0.2, 0.25) is 0 Å². The minimum atomic E-state index is -2.49. The number of carbonyl (C=O) groups excluding carboxylic acids is 5. The van der Waals surface area contributed by atoms with Crippen molar-refractivity contribution in [2.24, 2.45) is 16.7 Å². The average molecular weight is 810 g/mol. The van der Waals surface area contributed by atoms with Crippen molar-refractivity contribution in [3.8, 4) is 0 Å². The number of benzene rings is 2. The van der Waals surface area contributed by atoms with E-state index >= 15 is 0 Å². The van der Waals surface area contributed by atoms with E-state index in [4.69, 9.17) is 18.9 Å². The highest BCUT2D eigenvalue weighted by Crippen LogP contribution is 2.62. The van der Waals surface area contributed by atoms with Crippen LogP contribution in [0.2, 0.25) is 0 Å². The second-order valence-corrected chi connectivity index (χ2v) is 17.3. The van der Waals surface area contributed by atoms with Crippen molar-refractivity contribution in [3.63, 3.8) is 0 Å². The Morgan fingerprint density at radius 3 is 2.05 bits per heavy atom. The van der Waals surface area contributed by atoms with E-state index in [0.29, 0.717) is 5.56 Å². The van der Waals surface area contributed by atoms with Crippen molar-refractivity contribution < 1.29 is 68.5 Å². The van der Waals surface area contributed by atoms with Gasteiger partial charge in [0.15, 0.2) is 11.4 Å². The molecule has 5 rings (SSSR count). The fraction of sp³-hybridized carbons (Fsp3) is 0.558. The molecule has 15 nitrogen and oxygen atoms in total. The fourth-order valence-corrected chi connectivity index (χ4v) is 9.24. The minimum absolute atomic E-state index is 0.00759. The van der Waals surface area contributed by atoms with Gasteiger partial charge in [-0.05, 0) is 63.5 Å². The lowest BCUT2D eigenvalue weighted by Crippen LogP contribution is -2.78. The lowest BCUT2D eigenvalue weighted by Gasteiger charge is -2.64. The summed E-state index contributed by atoms with van der Waals surface area (Å²) in [5, 5.41) is 62.7. The van der Waals surface area contributed by atoms with Crippen LogP contribution in [0.5, 0.6) is 0 Å². The topological polar surface area (TPSA) is 235 Å². The van der Waals surface area contributed by atoms with Gasteiger partial charge in [-0.2, -0.15) is 0 Å². The van der Waals surface area contributed by atoms with Gasteiger partial charge in [0.1, 0.15) is 29.5 Å². The number of Topliss-reactive ketones (excluding diaryl/α,β-unsaturated/α-hetero) is 1. The van der Waals surface area contributed by atoms with E-state index < -0.39 is 126 Å². The van der Waals surface area contributed by atoms with E-state index in [1.165, 1.54) is 39.8 Å². The van der Waals surface area contributed by atoms with Crippen LogP contribution < -0.4 is 5.32 Å². The highest BCUT2D eigenvalue weighted by molar-refractivity contribution is 5.94. The number of esters is 3. The molecule has 0 spiro atoms. The van der Waals surface area contributed by atoms with E-state index in [0.717, 1.165) is 6.92 Å².